The maximum atomic E-state index is 10.6. The van der Waals surface area contributed by atoms with Crippen molar-refractivity contribution < 1.29 is 9.21 Å². The van der Waals surface area contributed by atoms with Crippen LogP contribution in [0, 0.1) is 0 Å². The number of thioether (sulfide) groups is 1. The maximum Gasteiger partial charge on any atom is 0.185 e. The molecule has 2 rings (SSSR count). The Morgan fingerprint density at radius 2 is 2.06 bits per heavy atom. The van der Waals surface area contributed by atoms with Crippen LogP contribution in [0.4, 0.5) is 0 Å². The molecule has 1 aromatic carbocycles. The molecule has 1 aromatic heterocycles. The summed E-state index contributed by atoms with van der Waals surface area (Å²) in [7, 11) is 0. The first-order chi connectivity index (χ1) is 8.35. The first-order valence-electron chi connectivity index (χ1n) is 5.62. The number of aldehydes is 1. The van der Waals surface area contributed by atoms with Gasteiger partial charge in [-0.15, -0.1) is 11.8 Å². The molecule has 0 radical (unpaired) electrons. The topological polar surface area (TPSA) is 30.2 Å². The van der Waals surface area contributed by atoms with Crippen LogP contribution in [0.1, 0.15) is 23.9 Å². The second kappa shape index (κ2) is 5.73. The van der Waals surface area contributed by atoms with E-state index in [9.17, 15) is 4.79 Å². The summed E-state index contributed by atoms with van der Waals surface area (Å²) >= 11 is 1.81. The molecule has 0 N–H and O–H groups in total. The van der Waals surface area contributed by atoms with Gasteiger partial charge in [0.15, 0.2) is 12.0 Å². The Hall–Kier alpha value is -1.48. The molecule has 0 saturated heterocycles. The molecule has 17 heavy (non-hydrogen) atoms. The zero-order valence-electron chi connectivity index (χ0n) is 9.68. The molecule has 0 amide bonds. The minimum Gasteiger partial charge on any atom is -0.453 e. The van der Waals surface area contributed by atoms with E-state index in [1.54, 1.807) is 6.07 Å². The summed E-state index contributed by atoms with van der Waals surface area (Å²) < 4.78 is 5.46. The van der Waals surface area contributed by atoms with Gasteiger partial charge in [0, 0.05) is 10.5 Å². The highest BCUT2D eigenvalue weighted by molar-refractivity contribution is 7.99. The number of benzene rings is 1. The molecule has 88 valence electrons. The van der Waals surface area contributed by atoms with E-state index < -0.39 is 0 Å². The minimum absolute atomic E-state index is 0.371. The van der Waals surface area contributed by atoms with Crippen LogP contribution in [0.2, 0.25) is 0 Å². The fraction of sp³-hybridized carbons (Fsp3) is 0.214. The van der Waals surface area contributed by atoms with Crippen molar-refractivity contribution in [3.63, 3.8) is 0 Å². The molecular weight excluding hydrogens is 232 g/mol. The molecular formula is C14H14O2S. The van der Waals surface area contributed by atoms with Gasteiger partial charge >= 0.3 is 0 Å². The van der Waals surface area contributed by atoms with Gasteiger partial charge in [-0.25, -0.2) is 0 Å². The molecule has 0 fully saturated rings. The lowest BCUT2D eigenvalue weighted by Crippen LogP contribution is -1.82. The first kappa shape index (κ1) is 12.0. The highest BCUT2D eigenvalue weighted by Crippen LogP contribution is 2.32. The van der Waals surface area contributed by atoms with Crippen molar-refractivity contribution in [1.29, 1.82) is 0 Å². The molecule has 0 spiro atoms. The predicted octanol–water partition coefficient (Wildman–Crippen LogP) is 4.26. The van der Waals surface area contributed by atoms with Gasteiger partial charge in [0.25, 0.3) is 0 Å². The minimum atomic E-state index is 0.371. The van der Waals surface area contributed by atoms with Gasteiger partial charge < -0.3 is 4.42 Å². The Bertz CT molecular complexity index is 502. The molecule has 2 aromatic rings. The summed E-state index contributed by atoms with van der Waals surface area (Å²) in [5.41, 5.74) is 1.05. The number of carbonyl (C=O) groups excluding carboxylic acids is 1. The smallest absolute Gasteiger partial charge is 0.185 e. The van der Waals surface area contributed by atoms with Gasteiger partial charge in [0.2, 0.25) is 0 Å². The van der Waals surface area contributed by atoms with Crippen LogP contribution in [-0.4, -0.2) is 12.0 Å². The summed E-state index contributed by atoms with van der Waals surface area (Å²) in [5, 5.41) is 0. The largest absolute Gasteiger partial charge is 0.453 e. The average molecular weight is 246 g/mol. The van der Waals surface area contributed by atoms with E-state index in [2.05, 4.69) is 13.0 Å². The summed E-state index contributed by atoms with van der Waals surface area (Å²) in [6.45, 7) is 2.16. The van der Waals surface area contributed by atoms with Crippen LogP contribution in [0.5, 0.6) is 0 Å². The van der Waals surface area contributed by atoms with Crippen molar-refractivity contribution >= 4 is 18.0 Å². The number of carbonyl (C=O) groups is 1. The standard InChI is InChI=1S/C14H14O2S/c1-2-9-17-14-6-4-3-5-12(14)13-8-7-11(10-15)16-13/h3-8,10H,2,9H2,1H3. The van der Waals surface area contributed by atoms with Crippen molar-refractivity contribution in [2.45, 2.75) is 18.2 Å². The van der Waals surface area contributed by atoms with Crippen molar-refractivity contribution in [3.05, 3.63) is 42.2 Å². The Labute approximate surface area is 105 Å². The number of furan rings is 1. The lowest BCUT2D eigenvalue weighted by Gasteiger charge is -2.05. The van der Waals surface area contributed by atoms with E-state index in [0.29, 0.717) is 5.76 Å². The third-order valence-electron chi connectivity index (χ3n) is 2.36. The quantitative estimate of drug-likeness (QED) is 0.583. The van der Waals surface area contributed by atoms with E-state index in [0.717, 1.165) is 29.8 Å². The van der Waals surface area contributed by atoms with Crippen LogP contribution in [0.3, 0.4) is 0 Å². The summed E-state index contributed by atoms with van der Waals surface area (Å²) in [6, 6.07) is 11.6. The van der Waals surface area contributed by atoms with E-state index in [4.69, 9.17) is 4.42 Å². The molecule has 3 heteroatoms. The SMILES string of the molecule is CCCSc1ccccc1-c1ccc(C=O)o1. The van der Waals surface area contributed by atoms with Gasteiger partial charge in [0.05, 0.1) is 0 Å². The first-order valence-corrected chi connectivity index (χ1v) is 6.61. The van der Waals surface area contributed by atoms with Crippen LogP contribution < -0.4 is 0 Å². The van der Waals surface area contributed by atoms with Crippen LogP contribution >= 0.6 is 11.8 Å². The van der Waals surface area contributed by atoms with Crippen molar-refractivity contribution in [2.24, 2.45) is 0 Å². The Morgan fingerprint density at radius 3 is 2.76 bits per heavy atom. The van der Waals surface area contributed by atoms with Gasteiger partial charge in [-0.3, -0.25) is 4.79 Å². The fourth-order valence-electron chi connectivity index (χ4n) is 1.57. The van der Waals surface area contributed by atoms with Gasteiger partial charge in [-0.1, -0.05) is 25.1 Å². The normalized spacial score (nSPS) is 10.4. The second-order valence-corrected chi connectivity index (χ2v) is 4.80. The maximum absolute atomic E-state index is 10.6. The van der Waals surface area contributed by atoms with Gasteiger partial charge in [0.1, 0.15) is 5.76 Å². The Morgan fingerprint density at radius 1 is 1.24 bits per heavy atom. The zero-order valence-corrected chi connectivity index (χ0v) is 10.5. The fourth-order valence-corrected chi connectivity index (χ4v) is 2.49. The molecule has 0 atom stereocenters. The van der Waals surface area contributed by atoms with Crippen LogP contribution in [0.25, 0.3) is 11.3 Å². The summed E-state index contributed by atoms with van der Waals surface area (Å²) in [6.07, 6.45) is 1.86. The van der Waals surface area contributed by atoms with Gasteiger partial charge in [-0.2, -0.15) is 0 Å². The third kappa shape index (κ3) is 2.80. The predicted molar refractivity (Wildman–Crippen MR) is 70.5 cm³/mol. The lowest BCUT2D eigenvalue weighted by molar-refractivity contribution is 0.110. The van der Waals surface area contributed by atoms with Crippen LogP contribution in [-0.2, 0) is 0 Å². The Kier molecular flexibility index (Phi) is 4.04. The van der Waals surface area contributed by atoms with E-state index in [1.165, 1.54) is 4.90 Å². The summed E-state index contributed by atoms with van der Waals surface area (Å²) in [4.78, 5) is 11.8. The highest BCUT2D eigenvalue weighted by atomic mass is 32.2. The third-order valence-corrected chi connectivity index (χ3v) is 3.64. The highest BCUT2D eigenvalue weighted by Gasteiger charge is 2.08. The average Bonchev–Trinajstić information content (AvgIpc) is 2.85. The van der Waals surface area contributed by atoms with E-state index >= 15 is 0 Å². The monoisotopic (exact) mass is 246 g/mol. The molecule has 2 nitrogen and oxygen atoms in total. The molecule has 0 unspecified atom stereocenters. The number of hydrogen-bond acceptors (Lipinski definition) is 3. The molecule has 0 aliphatic rings. The van der Waals surface area contributed by atoms with E-state index in [1.807, 2.05) is 36.0 Å². The zero-order chi connectivity index (χ0) is 12.1. The molecule has 0 aliphatic heterocycles. The van der Waals surface area contributed by atoms with Crippen molar-refractivity contribution in [3.8, 4) is 11.3 Å². The Balaban J connectivity index is 2.33. The molecule has 0 aliphatic carbocycles. The molecule has 0 bridgehead atoms. The van der Waals surface area contributed by atoms with E-state index in [-0.39, 0.29) is 0 Å². The molecule has 1 heterocycles. The number of rotatable bonds is 5. The van der Waals surface area contributed by atoms with Crippen LogP contribution in [0.15, 0.2) is 45.7 Å². The van der Waals surface area contributed by atoms with Crippen molar-refractivity contribution in [2.75, 3.05) is 5.75 Å². The summed E-state index contributed by atoms with van der Waals surface area (Å²) in [5.74, 6) is 2.21. The number of hydrogen-bond donors (Lipinski definition) is 0. The van der Waals surface area contributed by atoms with Gasteiger partial charge in [-0.05, 0) is 30.4 Å². The van der Waals surface area contributed by atoms with Crippen molar-refractivity contribution in [1.82, 2.24) is 0 Å². The molecule has 0 saturated carbocycles. The lowest BCUT2D eigenvalue weighted by atomic mass is 10.2. The second-order valence-electron chi connectivity index (χ2n) is 3.66.